The Morgan fingerprint density at radius 2 is 1.92 bits per heavy atom. The quantitative estimate of drug-likeness (QED) is 0.359. The molecule has 1 aromatic rings. The summed E-state index contributed by atoms with van der Waals surface area (Å²) in [6.07, 6.45) is -0.123. The normalized spacial score (nSPS) is 16.5. The van der Waals surface area contributed by atoms with E-state index in [0.29, 0.717) is 19.1 Å². The molecule has 0 aromatic heterocycles. The van der Waals surface area contributed by atoms with Crippen LogP contribution in [-0.2, 0) is 4.79 Å². The Balaban J connectivity index is 0.00000312. The highest BCUT2D eigenvalue weighted by molar-refractivity contribution is 14.0. The van der Waals surface area contributed by atoms with Crippen LogP contribution >= 0.6 is 24.0 Å². The van der Waals surface area contributed by atoms with Crippen LogP contribution in [0.15, 0.2) is 29.3 Å². The van der Waals surface area contributed by atoms with E-state index in [2.05, 4.69) is 20.9 Å². The summed E-state index contributed by atoms with van der Waals surface area (Å²) in [7, 11) is 1.66. The Morgan fingerprint density at radius 3 is 2.56 bits per heavy atom. The van der Waals surface area contributed by atoms with Gasteiger partial charge in [-0.25, -0.2) is 0 Å². The van der Waals surface area contributed by atoms with Crippen LogP contribution in [0.1, 0.15) is 20.8 Å². The molecule has 1 heterocycles. The van der Waals surface area contributed by atoms with Crippen LogP contribution in [0.4, 0.5) is 0 Å². The van der Waals surface area contributed by atoms with Crippen LogP contribution < -0.4 is 25.4 Å². The number of nitrogens with zero attached hydrogens (tertiary/aromatic N) is 1. The van der Waals surface area contributed by atoms with Gasteiger partial charge in [0.05, 0.1) is 13.1 Å². The minimum atomic E-state index is -0.254. The molecule has 7 nitrogen and oxygen atoms in total. The average molecular weight is 462 g/mol. The van der Waals surface area contributed by atoms with E-state index in [1.807, 2.05) is 45.0 Å². The fourth-order valence-corrected chi connectivity index (χ4v) is 2.22. The first kappa shape index (κ1) is 21.3. The number of fused-ring (bicyclic) bond motifs is 1. The number of carbonyl (C=O) groups is 1. The van der Waals surface area contributed by atoms with Crippen LogP contribution in [0.25, 0.3) is 0 Å². The van der Waals surface area contributed by atoms with Crippen LogP contribution in [0, 0.1) is 0 Å². The van der Waals surface area contributed by atoms with Gasteiger partial charge < -0.3 is 25.4 Å². The van der Waals surface area contributed by atoms with Gasteiger partial charge in [0.15, 0.2) is 17.5 Å². The van der Waals surface area contributed by atoms with E-state index in [-0.39, 0.29) is 48.1 Å². The minimum absolute atomic E-state index is 0. The number of guanidine groups is 1. The number of hydrogen-bond donors (Lipinski definition) is 3. The molecular weight excluding hydrogens is 435 g/mol. The second-order valence-corrected chi connectivity index (χ2v) is 6.60. The van der Waals surface area contributed by atoms with Gasteiger partial charge in [0.25, 0.3) is 0 Å². The molecule has 1 unspecified atom stereocenters. The van der Waals surface area contributed by atoms with Crippen molar-refractivity contribution >= 4 is 35.8 Å². The van der Waals surface area contributed by atoms with E-state index >= 15 is 0 Å². The number of ether oxygens (including phenoxy) is 2. The molecule has 0 fully saturated rings. The van der Waals surface area contributed by atoms with Gasteiger partial charge in [0.2, 0.25) is 5.91 Å². The topological polar surface area (TPSA) is 84.0 Å². The van der Waals surface area contributed by atoms with Gasteiger partial charge in [-0.3, -0.25) is 9.79 Å². The fraction of sp³-hybridized carbons (Fsp3) is 0.529. The zero-order valence-corrected chi connectivity index (χ0v) is 17.4. The largest absolute Gasteiger partial charge is 0.486 e. The SMILES string of the molecule is CN=C(NCC(=O)NC(C)(C)C)NCC1COc2ccccc2O1.I. The first-order chi connectivity index (χ1) is 11.4. The lowest BCUT2D eigenvalue weighted by Crippen LogP contribution is -2.50. The summed E-state index contributed by atoms with van der Waals surface area (Å²) in [6.45, 7) is 6.96. The Kier molecular flexibility index (Phi) is 8.27. The molecule has 0 aliphatic carbocycles. The van der Waals surface area contributed by atoms with Gasteiger partial charge in [-0.05, 0) is 32.9 Å². The third-order valence-electron chi connectivity index (χ3n) is 3.22. The maximum Gasteiger partial charge on any atom is 0.239 e. The lowest BCUT2D eigenvalue weighted by molar-refractivity contribution is -0.121. The van der Waals surface area contributed by atoms with Crippen molar-refractivity contribution in [3.8, 4) is 11.5 Å². The predicted molar refractivity (Wildman–Crippen MR) is 109 cm³/mol. The second kappa shape index (κ2) is 9.69. The minimum Gasteiger partial charge on any atom is -0.486 e. The summed E-state index contributed by atoms with van der Waals surface area (Å²) >= 11 is 0. The highest BCUT2D eigenvalue weighted by Crippen LogP contribution is 2.30. The molecular formula is C17H27IN4O3. The van der Waals surface area contributed by atoms with Crippen LogP contribution in [-0.4, -0.2) is 50.3 Å². The molecule has 0 bridgehead atoms. The highest BCUT2D eigenvalue weighted by atomic mass is 127. The van der Waals surface area contributed by atoms with Crippen molar-refractivity contribution in [1.29, 1.82) is 0 Å². The maximum absolute atomic E-state index is 11.8. The smallest absolute Gasteiger partial charge is 0.239 e. The van der Waals surface area contributed by atoms with Crippen molar-refractivity contribution in [2.24, 2.45) is 4.99 Å². The number of amides is 1. The maximum atomic E-state index is 11.8. The molecule has 140 valence electrons. The van der Waals surface area contributed by atoms with Gasteiger partial charge in [-0.15, -0.1) is 24.0 Å². The van der Waals surface area contributed by atoms with Crippen LogP contribution in [0.2, 0.25) is 0 Å². The molecule has 3 N–H and O–H groups in total. The number of halogens is 1. The van der Waals surface area contributed by atoms with Crippen LogP contribution in [0.3, 0.4) is 0 Å². The molecule has 0 spiro atoms. The number of benzene rings is 1. The molecule has 2 rings (SSSR count). The number of rotatable bonds is 4. The summed E-state index contributed by atoms with van der Waals surface area (Å²) < 4.78 is 11.5. The van der Waals surface area contributed by atoms with Gasteiger partial charge in [0, 0.05) is 12.6 Å². The highest BCUT2D eigenvalue weighted by Gasteiger charge is 2.21. The number of nitrogens with one attached hydrogen (secondary N) is 3. The molecule has 1 aliphatic rings. The Morgan fingerprint density at radius 1 is 1.24 bits per heavy atom. The average Bonchev–Trinajstić information content (AvgIpc) is 2.53. The fourth-order valence-electron chi connectivity index (χ4n) is 2.22. The summed E-state index contributed by atoms with van der Waals surface area (Å²) in [5.41, 5.74) is -0.254. The van der Waals surface area contributed by atoms with Gasteiger partial charge in [0.1, 0.15) is 12.7 Å². The molecule has 1 aromatic carbocycles. The summed E-state index contributed by atoms with van der Waals surface area (Å²) in [5, 5.41) is 9.01. The predicted octanol–water partition coefficient (Wildman–Crippen LogP) is 1.52. The standard InChI is InChI=1S/C17H26N4O3.HI/c1-17(2,3)21-15(22)10-20-16(18-4)19-9-12-11-23-13-7-5-6-8-14(13)24-12;/h5-8,12H,9-11H2,1-4H3,(H,21,22)(H2,18,19,20);1H. The molecule has 1 atom stereocenters. The molecule has 8 heteroatoms. The number of carbonyl (C=O) groups excluding carboxylic acids is 1. The molecule has 1 amide bonds. The zero-order chi connectivity index (χ0) is 17.6. The second-order valence-electron chi connectivity index (χ2n) is 6.60. The monoisotopic (exact) mass is 462 g/mol. The number of hydrogen-bond acceptors (Lipinski definition) is 4. The first-order valence-electron chi connectivity index (χ1n) is 8.01. The van der Waals surface area contributed by atoms with Crippen molar-refractivity contribution in [3.63, 3.8) is 0 Å². The van der Waals surface area contributed by atoms with Gasteiger partial charge in [-0.2, -0.15) is 0 Å². The van der Waals surface area contributed by atoms with Crippen LogP contribution in [0.5, 0.6) is 11.5 Å². The van der Waals surface area contributed by atoms with E-state index in [1.54, 1.807) is 7.05 Å². The Hall–Kier alpha value is -1.71. The van der Waals surface area contributed by atoms with Gasteiger partial charge >= 0.3 is 0 Å². The summed E-state index contributed by atoms with van der Waals surface area (Å²) in [5.74, 6) is 1.95. The van der Waals surface area contributed by atoms with Crippen molar-refractivity contribution < 1.29 is 14.3 Å². The number of aliphatic imine (C=N–C) groups is 1. The lowest BCUT2D eigenvalue weighted by Gasteiger charge is -2.27. The molecule has 0 saturated heterocycles. The first-order valence-corrected chi connectivity index (χ1v) is 8.01. The van der Waals surface area contributed by atoms with Crippen molar-refractivity contribution in [3.05, 3.63) is 24.3 Å². The third-order valence-corrected chi connectivity index (χ3v) is 3.22. The summed E-state index contributed by atoms with van der Waals surface area (Å²) in [6, 6.07) is 7.58. The van der Waals surface area contributed by atoms with E-state index in [0.717, 1.165) is 11.5 Å². The van der Waals surface area contributed by atoms with Crippen molar-refractivity contribution in [1.82, 2.24) is 16.0 Å². The molecule has 0 saturated carbocycles. The van der Waals surface area contributed by atoms with Gasteiger partial charge in [-0.1, -0.05) is 12.1 Å². The number of para-hydroxylation sites is 2. The third kappa shape index (κ3) is 7.37. The molecule has 1 aliphatic heterocycles. The lowest BCUT2D eigenvalue weighted by atomic mass is 10.1. The van der Waals surface area contributed by atoms with E-state index in [9.17, 15) is 4.79 Å². The Labute approximate surface area is 166 Å². The molecule has 0 radical (unpaired) electrons. The van der Waals surface area contributed by atoms with Crippen molar-refractivity contribution in [2.75, 3.05) is 26.7 Å². The zero-order valence-electron chi connectivity index (χ0n) is 15.1. The Bertz CT molecular complexity index is 602. The van der Waals surface area contributed by atoms with E-state index in [4.69, 9.17) is 9.47 Å². The van der Waals surface area contributed by atoms with E-state index in [1.165, 1.54) is 0 Å². The van der Waals surface area contributed by atoms with Crippen molar-refractivity contribution in [2.45, 2.75) is 32.4 Å². The molecule has 25 heavy (non-hydrogen) atoms. The summed E-state index contributed by atoms with van der Waals surface area (Å²) in [4.78, 5) is 15.9. The van der Waals surface area contributed by atoms with E-state index < -0.39 is 0 Å².